The van der Waals surface area contributed by atoms with Gasteiger partial charge in [-0.05, 0) is 20.3 Å². The molecule has 2 aliphatic heterocycles. The van der Waals surface area contributed by atoms with Crippen LogP contribution < -0.4 is 0 Å². The van der Waals surface area contributed by atoms with Gasteiger partial charge in [0.2, 0.25) is 5.69 Å². The van der Waals surface area contributed by atoms with Crippen molar-refractivity contribution >= 4 is 11.4 Å². The summed E-state index contributed by atoms with van der Waals surface area (Å²) in [6.07, 6.45) is 2.55. The summed E-state index contributed by atoms with van der Waals surface area (Å²) in [7, 11) is 0. The molecule has 0 amide bonds. The van der Waals surface area contributed by atoms with Gasteiger partial charge in [0.15, 0.2) is 5.71 Å². The molecule has 1 aromatic rings. The minimum absolute atomic E-state index is 0.232. The first-order valence-corrected chi connectivity index (χ1v) is 5.86. The molecular weight excluding hydrogens is 182 g/mol. The van der Waals surface area contributed by atoms with Crippen LogP contribution in [0.3, 0.4) is 0 Å². The Hall–Kier alpha value is -1.11. The van der Waals surface area contributed by atoms with Gasteiger partial charge in [0.1, 0.15) is 6.54 Å². The summed E-state index contributed by atoms with van der Waals surface area (Å²) < 4.78 is 2.54. The highest BCUT2D eigenvalue weighted by molar-refractivity contribution is 5.93. The maximum atomic E-state index is 2.54. The number of aryl methyl sites for hydroxylation is 1. The first-order chi connectivity index (χ1) is 7.12. The van der Waals surface area contributed by atoms with Crippen molar-refractivity contribution in [3.8, 4) is 0 Å². The Morgan fingerprint density at radius 2 is 2.07 bits per heavy atom. The van der Waals surface area contributed by atoms with Crippen molar-refractivity contribution in [2.24, 2.45) is 0 Å². The quantitative estimate of drug-likeness (QED) is 0.566. The second-order valence-electron chi connectivity index (χ2n) is 5.28. The van der Waals surface area contributed by atoms with Crippen LogP contribution in [0.1, 0.15) is 38.3 Å². The van der Waals surface area contributed by atoms with Crippen LogP contribution >= 0.6 is 0 Å². The number of benzene rings is 1. The highest BCUT2D eigenvalue weighted by Gasteiger charge is 2.45. The number of hydrogen-bond donors (Lipinski definition) is 0. The van der Waals surface area contributed by atoms with Crippen molar-refractivity contribution in [2.45, 2.75) is 39.0 Å². The molecule has 1 heteroatoms. The summed E-state index contributed by atoms with van der Waals surface area (Å²) in [5.41, 5.74) is 6.34. The van der Waals surface area contributed by atoms with Gasteiger partial charge in [-0.1, -0.05) is 18.2 Å². The monoisotopic (exact) mass is 200 g/mol. The third kappa shape index (κ3) is 1.01. The fourth-order valence-corrected chi connectivity index (χ4v) is 3.02. The third-order valence-corrected chi connectivity index (χ3v) is 4.20. The molecule has 15 heavy (non-hydrogen) atoms. The lowest BCUT2D eigenvalue weighted by atomic mass is 9.81. The van der Waals surface area contributed by atoms with Crippen molar-refractivity contribution in [3.05, 3.63) is 29.3 Å². The summed E-state index contributed by atoms with van der Waals surface area (Å²) in [6, 6.07) is 6.81. The average Bonchev–Trinajstić information content (AvgIpc) is 2.43. The Labute approximate surface area is 91.4 Å². The van der Waals surface area contributed by atoms with Crippen LogP contribution in [0.25, 0.3) is 0 Å². The van der Waals surface area contributed by atoms with Crippen LogP contribution in [-0.2, 0) is 11.8 Å². The van der Waals surface area contributed by atoms with Gasteiger partial charge >= 0.3 is 0 Å². The Balaban J connectivity index is 2.37. The zero-order valence-corrected chi connectivity index (χ0v) is 9.80. The molecule has 0 aliphatic carbocycles. The van der Waals surface area contributed by atoms with Gasteiger partial charge in [0.05, 0.1) is 5.41 Å². The number of hydrogen-bond acceptors (Lipinski definition) is 0. The summed E-state index contributed by atoms with van der Waals surface area (Å²) in [5, 5.41) is 0. The zero-order valence-electron chi connectivity index (χ0n) is 9.80. The molecule has 2 aliphatic rings. The molecule has 1 aromatic carbocycles. The predicted octanol–water partition coefficient (Wildman–Crippen LogP) is 3.03. The molecular formula is C14H18N+. The highest BCUT2D eigenvalue weighted by atomic mass is 15.1. The van der Waals surface area contributed by atoms with Crippen molar-refractivity contribution < 1.29 is 4.58 Å². The summed E-state index contributed by atoms with van der Waals surface area (Å²) in [6.45, 7) is 8.18. The van der Waals surface area contributed by atoms with Gasteiger partial charge in [-0.15, -0.1) is 0 Å². The van der Waals surface area contributed by atoms with Gasteiger partial charge in [-0.2, -0.15) is 4.58 Å². The minimum atomic E-state index is 0.232. The molecule has 0 N–H and O–H groups in total. The third-order valence-electron chi connectivity index (χ3n) is 4.20. The summed E-state index contributed by atoms with van der Waals surface area (Å²) in [5.74, 6) is 0. The van der Waals surface area contributed by atoms with E-state index < -0.39 is 0 Å². The number of rotatable bonds is 0. The van der Waals surface area contributed by atoms with E-state index in [1.165, 1.54) is 36.3 Å². The van der Waals surface area contributed by atoms with Gasteiger partial charge in [0.25, 0.3) is 0 Å². The first-order valence-electron chi connectivity index (χ1n) is 5.86. The summed E-state index contributed by atoms with van der Waals surface area (Å²) in [4.78, 5) is 0. The molecule has 0 fully saturated rings. The van der Waals surface area contributed by atoms with E-state index in [0.717, 1.165) is 0 Å². The second-order valence-corrected chi connectivity index (χ2v) is 5.28. The maximum Gasteiger partial charge on any atom is 0.212 e. The fourth-order valence-electron chi connectivity index (χ4n) is 3.02. The van der Waals surface area contributed by atoms with Gasteiger partial charge in [0, 0.05) is 24.5 Å². The largest absolute Gasteiger partial charge is 0.212 e. The van der Waals surface area contributed by atoms with Gasteiger partial charge in [-0.3, -0.25) is 0 Å². The standard InChI is InChI=1S/C14H18N/c1-10-14(2,3)12-8-4-6-11-7-5-9-15(10)13(11)12/h4,6,8H,5,7,9H2,1-3H3/q+1. The molecule has 0 spiro atoms. The highest BCUT2D eigenvalue weighted by Crippen LogP contribution is 2.43. The minimum Gasteiger partial charge on any atom is -0.199 e. The molecule has 0 unspecified atom stereocenters. The number of nitrogens with zero attached hydrogens (tertiary/aromatic N) is 1. The van der Waals surface area contributed by atoms with E-state index in [9.17, 15) is 0 Å². The molecule has 1 nitrogen and oxygen atoms in total. The average molecular weight is 200 g/mol. The Bertz CT molecular complexity index is 466. The second kappa shape index (κ2) is 2.72. The molecule has 0 bridgehead atoms. The van der Waals surface area contributed by atoms with E-state index in [4.69, 9.17) is 0 Å². The van der Waals surface area contributed by atoms with Crippen LogP contribution in [0.15, 0.2) is 18.2 Å². The maximum absolute atomic E-state index is 2.54. The molecule has 0 aromatic heterocycles. The lowest BCUT2D eigenvalue weighted by Crippen LogP contribution is -2.27. The molecule has 0 atom stereocenters. The summed E-state index contributed by atoms with van der Waals surface area (Å²) >= 11 is 0. The van der Waals surface area contributed by atoms with Gasteiger partial charge in [-0.25, -0.2) is 0 Å². The smallest absolute Gasteiger partial charge is 0.199 e. The van der Waals surface area contributed by atoms with Gasteiger partial charge < -0.3 is 0 Å². The Morgan fingerprint density at radius 1 is 1.27 bits per heavy atom. The van der Waals surface area contributed by atoms with Crippen LogP contribution in [0.5, 0.6) is 0 Å². The first kappa shape index (κ1) is 9.14. The van der Waals surface area contributed by atoms with Crippen molar-refractivity contribution in [1.29, 1.82) is 0 Å². The molecule has 0 radical (unpaired) electrons. The Kier molecular flexibility index (Phi) is 1.66. The lowest BCUT2D eigenvalue weighted by Gasteiger charge is -2.15. The normalized spacial score (nSPS) is 21.8. The SMILES string of the molecule is CC1=[N+]2CCCc3cccc(c32)C1(C)C. The van der Waals surface area contributed by atoms with E-state index in [-0.39, 0.29) is 5.41 Å². The van der Waals surface area contributed by atoms with Crippen LogP contribution in [0.4, 0.5) is 5.69 Å². The molecule has 0 saturated heterocycles. The van der Waals surface area contributed by atoms with E-state index in [0.29, 0.717) is 0 Å². The van der Waals surface area contributed by atoms with Crippen molar-refractivity contribution in [3.63, 3.8) is 0 Å². The number of para-hydroxylation sites is 1. The Morgan fingerprint density at radius 3 is 2.87 bits per heavy atom. The molecule has 3 rings (SSSR count). The lowest BCUT2D eigenvalue weighted by molar-refractivity contribution is -0.444. The van der Waals surface area contributed by atoms with Crippen molar-refractivity contribution in [2.75, 3.05) is 6.54 Å². The van der Waals surface area contributed by atoms with E-state index in [2.05, 4.69) is 43.5 Å². The van der Waals surface area contributed by atoms with Crippen LogP contribution in [-0.4, -0.2) is 16.8 Å². The predicted molar refractivity (Wildman–Crippen MR) is 63.3 cm³/mol. The van der Waals surface area contributed by atoms with E-state index in [1.807, 2.05) is 0 Å². The van der Waals surface area contributed by atoms with E-state index in [1.54, 1.807) is 5.56 Å². The molecule has 0 saturated carbocycles. The molecule has 78 valence electrons. The molecule has 2 heterocycles. The van der Waals surface area contributed by atoms with E-state index >= 15 is 0 Å². The van der Waals surface area contributed by atoms with Crippen LogP contribution in [0, 0.1) is 0 Å². The van der Waals surface area contributed by atoms with Crippen molar-refractivity contribution in [1.82, 2.24) is 0 Å². The van der Waals surface area contributed by atoms with Crippen LogP contribution in [0.2, 0.25) is 0 Å². The topological polar surface area (TPSA) is 3.01 Å². The zero-order chi connectivity index (χ0) is 10.6. The fraction of sp³-hybridized carbons (Fsp3) is 0.500.